The highest BCUT2D eigenvalue weighted by Crippen LogP contribution is 2.36. The van der Waals surface area contributed by atoms with E-state index in [0.717, 1.165) is 19.3 Å². The van der Waals surface area contributed by atoms with E-state index in [1.165, 1.54) is 0 Å². The van der Waals surface area contributed by atoms with Crippen molar-refractivity contribution >= 4 is 5.91 Å². The largest absolute Gasteiger partial charge is 0.391 e. The van der Waals surface area contributed by atoms with Gasteiger partial charge in [-0.3, -0.25) is 4.79 Å². The molecule has 1 amide bonds. The first kappa shape index (κ1) is 15.6. The average molecular weight is 292 g/mol. The van der Waals surface area contributed by atoms with Crippen LogP contribution >= 0.6 is 0 Å². The molecule has 6 heteroatoms. The predicted octanol–water partition coefficient (Wildman–Crippen LogP) is 2.55. The molecule has 3 unspecified atom stereocenters. The molecule has 3 atom stereocenters. The second kappa shape index (κ2) is 5.92. The van der Waals surface area contributed by atoms with Crippen LogP contribution < -0.4 is 5.73 Å². The molecule has 2 N–H and O–H groups in total. The molecular weight excluding hydrogens is 269 g/mol. The SMILES string of the molecule is CC1C(N)CCCC1C(=O)N1CCC(C(F)(F)F)CC1. The van der Waals surface area contributed by atoms with Crippen molar-refractivity contribution in [2.75, 3.05) is 13.1 Å². The number of likely N-dealkylation sites (tertiary alicyclic amines) is 1. The number of nitrogens with zero attached hydrogens (tertiary/aromatic N) is 1. The van der Waals surface area contributed by atoms with Crippen LogP contribution in [-0.4, -0.2) is 36.1 Å². The summed E-state index contributed by atoms with van der Waals surface area (Å²) in [7, 11) is 0. The zero-order valence-corrected chi connectivity index (χ0v) is 11.8. The molecule has 1 saturated heterocycles. The minimum atomic E-state index is -4.13. The Labute approximate surface area is 117 Å². The maximum atomic E-state index is 12.6. The summed E-state index contributed by atoms with van der Waals surface area (Å²) in [6, 6.07) is 0.0328. The first-order chi connectivity index (χ1) is 9.30. The summed E-state index contributed by atoms with van der Waals surface area (Å²) in [6.07, 6.45) is -1.39. The maximum absolute atomic E-state index is 12.6. The molecule has 2 aliphatic rings. The molecule has 1 aliphatic carbocycles. The smallest absolute Gasteiger partial charge is 0.342 e. The number of carbonyl (C=O) groups excluding carboxylic acids is 1. The zero-order valence-electron chi connectivity index (χ0n) is 11.8. The molecule has 0 bridgehead atoms. The highest BCUT2D eigenvalue weighted by Gasteiger charge is 2.43. The molecule has 1 heterocycles. The van der Waals surface area contributed by atoms with Crippen LogP contribution in [0.25, 0.3) is 0 Å². The van der Waals surface area contributed by atoms with E-state index in [2.05, 4.69) is 0 Å². The molecule has 116 valence electrons. The van der Waals surface area contributed by atoms with Crippen LogP contribution in [0.2, 0.25) is 0 Å². The Kier molecular flexibility index (Phi) is 4.62. The molecule has 20 heavy (non-hydrogen) atoms. The van der Waals surface area contributed by atoms with E-state index in [-0.39, 0.29) is 49.7 Å². The summed E-state index contributed by atoms with van der Waals surface area (Å²) < 4.78 is 37.9. The van der Waals surface area contributed by atoms with E-state index < -0.39 is 12.1 Å². The number of halogens is 3. The van der Waals surface area contributed by atoms with Crippen molar-refractivity contribution in [3.8, 4) is 0 Å². The molecule has 0 aromatic rings. The summed E-state index contributed by atoms with van der Waals surface area (Å²) in [6.45, 7) is 2.43. The van der Waals surface area contributed by atoms with Gasteiger partial charge in [0.25, 0.3) is 0 Å². The summed E-state index contributed by atoms with van der Waals surface area (Å²) >= 11 is 0. The van der Waals surface area contributed by atoms with E-state index >= 15 is 0 Å². The standard InChI is InChI=1S/C14H23F3N2O/c1-9-11(3-2-4-12(9)18)13(20)19-7-5-10(6-8-19)14(15,16)17/h9-12H,2-8,18H2,1H3. The fourth-order valence-electron chi connectivity index (χ4n) is 3.41. The Morgan fingerprint density at radius 1 is 1.15 bits per heavy atom. The monoisotopic (exact) mass is 292 g/mol. The van der Waals surface area contributed by atoms with Gasteiger partial charge in [0, 0.05) is 25.0 Å². The Balaban J connectivity index is 1.91. The van der Waals surface area contributed by atoms with Gasteiger partial charge in [0.15, 0.2) is 0 Å². The van der Waals surface area contributed by atoms with Crippen molar-refractivity contribution in [3.63, 3.8) is 0 Å². The number of amides is 1. The molecule has 2 rings (SSSR count). The van der Waals surface area contributed by atoms with E-state index in [9.17, 15) is 18.0 Å². The first-order valence-corrected chi connectivity index (χ1v) is 7.41. The second-order valence-electron chi connectivity index (χ2n) is 6.20. The first-order valence-electron chi connectivity index (χ1n) is 7.41. The fraction of sp³-hybridized carbons (Fsp3) is 0.929. The molecule has 3 nitrogen and oxygen atoms in total. The molecular formula is C14H23F3N2O. The Bertz CT molecular complexity index is 351. The van der Waals surface area contributed by atoms with Crippen LogP contribution in [0.15, 0.2) is 0 Å². The van der Waals surface area contributed by atoms with Gasteiger partial charge in [0.05, 0.1) is 5.92 Å². The van der Waals surface area contributed by atoms with Crippen molar-refractivity contribution in [1.82, 2.24) is 4.90 Å². The van der Waals surface area contributed by atoms with Crippen LogP contribution in [0.1, 0.15) is 39.0 Å². The molecule has 0 aromatic carbocycles. The molecule has 0 radical (unpaired) electrons. The summed E-state index contributed by atoms with van der Waals surface area (Å²) in [5.74, 6) is -1.23. The number of piperidine rings is 1. The van der Waals surface area contributed by atoms with Gasteiger partial charge in [-0.15, -0.1) is 0 Å². The highest BCUT2D eigenvalue weighted by molar-refractivity contribution is 5.79. The van der Waals surface area contributed by atoms with Gasteiger partial charge in [-0.05, 0) is 31.6 Å². The minimum Gasteiger partial charge on any atom is -0.342 e. The van der Waals surface area contributed by atoms with E-state index in [0.29, 0.717) is 0 Å². The Hall–Kier alpha value is -0.780. The van der Waals surface area contributed by atoms with Gasteiger partial charge in [0.2, 0.25) is 5.91 Å². The Morgan fingerprint density at radius 3 is 2.30 bits per heavy atom. The topological polar surface area (TPSA) is 46.3 Å². The molecule has 1 aliphatic heterocycles. The van der Waals surface area contributed by atoms with Crippen molar-refractivity contribution in [2.24, 2.45) is 23.5 Å². The van der Waals surface area contributed by atoms with Crippen molar-refractivity contribution in [1.29, 1.82) is 0 Å². The van der Waals surface area contributed by atoms with Crippen LogP contribution in [0.3, 0.4) is 0 Å². The summed E-state index contributed by atoms with van der Waals surface area (Å²) in [5, 5.41) is 0. The molecule has 0 aromatic heterocycles. The quantitative estimate of drug-likeness (QED) is 0.807. The normalized spacial score (nSPS) is 33.2. The number of alkyl halides is 3. The van der Waals surface area contributed by atoms with E-state index in [1.807, 2.05) is 6.92 Å². The summed E-state index contributed by atoms with van der Waals surface area (Å²) in [5.41, 5.74) is 6.00. The average Bonchev–Trinajstić information content (AvgIpc) is 2.40. The van der Waals surface area contributed by atoms with Gasteiger partial charge >= 0.3 is 6.18 Å². The van der Waals surface area contributed by atoms with Gasteiger partial charge in [-0.2, -0.15) is 13.2 Å². The lowest BCUT2D eigenvalue weighted by Crippen LogP contribution is -2.49. The van der Waals surface area contributed by atoms with E-state index in [1.54, 1.807) is 4.90 Å². The third-order valence-electron chi connectivity index (χ3n) is 4.95. The molecule has 1 saturated carbocycles. The van der Waals surface area contributed by atoms with Gasteiger partial charge in [0.1, 0.15) is 0 Å². The van der Waals surface area contributed by atoms with Crippen molar-refractivity contribution in [3.05, 3.63) is 0 Å². The molecule has 2 fully saturated rings. The lowest BCUT2D eigenvalue weighted by molar-refractivity contribution is -0.187. The number of carbonyl (C=O) groups is 1. The predicted molar refractivity (Wildman–Crippen MR) is 69.8 cm³/mol. The van der Waals surface area contributed by atoms with Crippen molar-refractivity contribution in [2.45, 2.75) is 51.2 Å². The Morgan fingerprint density at radius 2 is 1.75 bits per heavy atom. The third kappa shape index (κ3) is 3.27. The van der Waals surface area contributed by atoms with Gasteiger partial charge in [-0.1, -0.05) is 13.3 Å². The minimum absolute atomic E-state index is 0.00766. The summed E-state index contributed by atoms with van der Waals surface area (Å²) in [4.78, 5) is 14.1. The van der Waals surface area contributed by atoms with Crippen LogP contribution in [0, 0.1) is 17.8 Å². The highest BCUT2D eigenvalue weighted by atomic mass is 19.4. The zero-order chi connectivity index (χ0) is 14.9. The number of hydrogen-bond donors (Lipinski definition) is 1. The number of rotatable bonds is 1. The van der Waals surface area contributed by atoms with Crippen LogP contribution in [0.4, 0.5) is 13.2 Å². The number of nitrogens with two attached hydrogens (primary N) is 1. The number of hydrogen-bond acceptors (Lipinski definition) is 2. The van der Waals surface area contributed by atoms with Gasteiger partial charge in [-0.25, -0.2) is 0 Å². The second-order valence-corrected chi connectivity index (χ2v) is 6.20. The maximum Gasteiger partial charge on any atom is 0.391 e. The van der Waals surface area contributed by atoms with Crippen LogP contribution in [0.5, 0.6) is 0 Å². The third-order valence-corrected chi connectivity index (χ3v) is 4.95. The van der Waals surface area contributed by atoms with Gasteiger partial charge < -0.3 is 10.6 Å². The fourth-order valence-corrected chi connectivity index (χ4v) is 3.41. The lowest BCUT2D eigenvalue weighted by Gasteiger charge is -2.39. The van der Waals surface area contributed by atoms with E-state index in [4.69, 9.17) is 5.73 Å². The molecule has 0 spiro atoms. The van der Waals surface area contributed by atoms with Crippen molar-refractivity contribution < 1.29 is 18.0 Å². The lowest BCUT2D eigenvalue weighted by atomic mass is 9.76. The van der Waals surface area contributed by atoms with Crippen LogP contribution in [-0.2, 0) is 4.79 Å².